The summed E-state index contributed by atoms with van der Waals surface area (Å²) in [5, 5.41) is 11.5. The Hall–Kier alpha value is -1.55. The van der Waals surface area contributed by atoms with Crippen LogP contribution < -0.4 is 5.32 Å². The second-order valence-corrected chi connectivity index (χ2v) is 5.08. The predicted molar refractivity (Wildman–Crippen MR) is 77.1 cm³/mol. The maximum Gasteiger partial charge on any atom is 0.149 e. The van der Waals surface area contributed by atoms with Crippen molar-refractivity contribution in [3.05, 3.63) is 47.2 Å². The molecule has 0 radical (unpaired) electrons. The molecule has 1 aromatic heterocycles. The van der Waals surface area contributed by atoms with Crippen molar-refractivity contribution in [3.63, 3.8) is 0 Å². The van der Waals surface area contributed by atoms with E-state index in [-0.39, 0.29) is 0 Å². The Morgan fingerprint density at radius 1 is 1.11 bits per heavy atom. The fraction of sp³-hybridized carbons (Fsp3) is 0.286. The molecule has 0 aliphatic carbocycles. The van der Waals surface area contributed by atoms with E-state index < -0.39 is 0 Å². The molecule has 0 fully saturated rings. The van der Waals surface area contributed by atoms with Gasteiger partial charge in [0.25, 0.3) is 0 Å². The van der Waals surface area contributed by atoms with Gasteiger partial charge in [-0.25, -0.2) is 0 Å². The van der Waals surface area contributed by atoms with Crippen LogP contribution in [0.2, 0.25) is 0 Å². The molecule has 0 saturated heterocycles. The number of benzene rings is 1. The van der Waals surface area contributed by atoms with Crippen LogP contribution in [0.5, 0.6) is 0 Å². The maximum absolute atomic E-state index is 4.12. The molecule has 0 atom stereocenters. The quantitative estimate of drug-likeness (QED) is 0.854. The number of thioether (sulfide) groups is 1. The molecule has 3 nitrogen and oxygen atoms in total. The van der Waals surface area contributed by atoms with Crippen molar-refractivity contribution < 1.29 is 0 Å². The minimum absolute atomic E-state index is 0.770. The van der Waals surface area contributed by atoms with Gasteiger partial charge in [-0.2, -0.15) is 5.10 Å². The van der Waals surface area contributed by atoms with Crippen LogP contribution >= 0.6 is 11.8 Å². The molecule has 0 unspecified atom stereocenters. The van der Waals surface area contributed by atoms with E-state index in [4.69, 9.17) is 0 Å². The van der Waals surface area contributed by atoms with Gasteiger partial charge in [-0.1, -0.05) is 12.1 Å². The Morgan fingerprint density at radius 3 is 2.44 bits per heavy atom. The summed E-state index contributed by atoms with van der Waals surface area (Å²) in [5.74, 6) is 0.826. The van der Waals surface area contributed by atoms with Gasteiger partial charge >= 0.3 is 0 Å². The summed E-state index contributed by atoms with van der Waals surface area (Å²) in [6.45, 7) is 4.78. The van der Waals surface area contributed by atoms with Crippen LogP contribution in [-0.2, 0) is 6.54 Å². The average molecular weight is 259 g/mol. The fourth-order valence-corrected chi connectivity index (χ4v) is 1.98. The number of anilines is 1. The molecule has 0 aliphatic heterocycles. The van der Waals surface area contributed by atoms with E-state index in [1.807, 2.05) is 19.9 Å². The molecule has 94 valence electrons. The van der Waals surface area contributed by atoms with Gasteiger partial charge < -0.3 is 5.32 Å². The highest BCUT2D eigenvalue weighted by atomic mass is 32.2. The van der Waals surface area contributed by atoms with Crippen LogP contribution in [-0.4, -0.2) is 16.5 Å². The predicted octanol–water partition coefficient (Wildman–Crippen LogP) is 3.43. The van der Waals surface area contributed by atoms with Gasteiger partial charge in [-0.3, -0.25) is 0 Å². The van der Waals surface area contributed by atoms with E-state index in [9.17, 15) is 0 Å². The highest BCUT2D eigenvalue weighted by Gasteiger charge is 1.99. The van der Waals surface area contributed by atoms with E-state index in [1.165, 1.54) is 10.5 Å². The molecule has 0 aliphatic rings. The van der Waals surface area contributed by atoms with Crippen LogP contribution in [0.25, 0.3) is 0 Å². The van der Waals surface area contributed by atoms with Crippen LogP contribution in [0.3, 0.4) is 0 Å². The summed E-state index contributed by atoms with van der Waals surface area (Å²) in [6.07, 6.45) is 2.08. The zero-order chi connectivity index (χ0) is 13.0. The standard InChI is InChI=1S/C14H17N3S/c1-10-8-14(17-16-11(10)2)15-9-12-4-6-13(18-3)7-5-12/h4-8H,9H2,1-3H3,(H,15,17). The monoisotopic (exact) mass is 259 g/mol. The second-order valence-electron chi connectivity index (χ2n) is 4.20. The molecule has 0 spiro atoms. The van der Waals surface area contributed by atoms with E-state index in [0.29, 0.717) is 0 Å². The summed E-state index contributed by atoms with van der Waals surface area (Å²) < 4.78 is 0. The lowest BCUT2D eigenvalue weighted by molar-refractivity contribution is 0.947. The van der Waals surface area contributed by atoms with Gasteiger partial charge in [-0.15, -0.1) is 16.9 Å². The molecule has 0 amide bonds. The fourth-order valence-electron chi connectivity index (χ4n) is 1.57. The van der Waals surface area contributed by atoms with Crippen molar-refractivity contribution >= 4 is 17.6 Å². The van der Waals surface area contributed by atoms with Gasteiger partial charge in [0.05, 0.1) is 5.69 Å². The SMILES string of the molecule is CSc1ccc(CNc2cc(C)c(C)nn2)cc1. The lowest BCUT2D eigenvalue weighted by Crippen LogP contribution is -2.03. The van der Waals surface area contributed by atoms with E-state index in [0.717, 1.165) is 23.6 Å². The van der Waals surface area contributed by atoms with Crippen molar-refractivity contribution in [1.29, 1.82) is 0 Å². The summed E-state index contributed by atoms with van der Waals surface area (Å²) in [4.78, 5) is 1.28. The Labute approximate surface area is 112 Å². The molecule has 1 aromatic carbocycles. The number of aryl methyl sites for hydroxylation is 2. The highest BCUT2D eigenvalue weighted by Crippen LogP contribution is 2.15. The third-order valence-electron chi connectivity index (χ3n) is 2.86. The average Bonchev–Trinajstić information content (AvgIpc) is 2.41. The molecule has 4 heteroatoms. The van der Waals surface area contributed by atoms with Gasteiger partial charge in [-0.05, 0) is 49.4 Å². The first-order chi connectivity index (χ1) is 8.69. The third kappa shape index (κ3) is 3.23. The molecule has 2 rings (SSSR count). The molecule has 2 aromatic rings. The van der Waals surface area contributed by atoms with Crippen molar-refractivity contribution in [2.45, 2.75) is 25.3 Å². The smallest absolute Gasteiger partial charge is 0.149 e. The van der Waals surface area contributed by atoms with Crippen molar-refractivity contribution in [2.24, 2.45) is 0 Å². The molecule has 1 heterocycles. The van der Waals surface area contributed by atoms with Crippen LogP contribution in [0.1, 0.15) is 16.8 Å². The zero-order valence-corrected chi connectivity index (χ0v) is 11.7. The Kier molecular flexibility index (Phi) is 4.20. The van der Waals surface area contributed by atoms with Gasteiger partial charge in [0, 0.05) is 11.4 Å². The van der Waals surface area contributed by atoms with Crippen molar-refractivity contribution in [2.75, 3.05) is 11.6 Å². The first-order valence-corrected chi connectivity index (χ1v) is 7.09. The lowest BCUT2D eigenvalue weighted by Gasteiger charge is -2.07. The number of aromatic nitrogens is 2. The topological polar surface area (TPSA) is 37.8 Å². The molecule has 18 heavy (non-hydrogen) atoms. The number of hydrogen-bond donors (Lipinski definition) is 1. The van der Waals surface area contributed by atoms with Crippen LogP contribution in [0, 0.1) is 13.8 Å². The number of nitrogens with zero attached hydrogens (tertiary/aromatic N) is 2. The molecular formula is C14H17N3S. The summed E-state index contributed by atoms with van der Waals surface area (Å²) in [5.41, 5.74) is 3.38. The Balaban J connectivity index is 1.99. The molecule has 1 N–H and O–H groups in total. The van der Waals surface area contributed by atoms with Gasteiger partial charge in [0.15, 0.2) is 0 Å². The number of rotatable bonds is 4. The normalized spacial score (nSPS) is 10.4. The van der Waals surface area contributed by atoms with Gasteiger partial charge in [0.2, 0.25) is 0 Å². The first-order valence-electron chi connectivity index (χ1n) is 5.87. The highest BCUT2D eigenvalue weighted by molar-refractivity contribution is 7.98. The zero-order valence-electron chi connectivity index (χ0n) is 10.9. The Bertz CT molecular complexity index is 523. The van der Waals surface area contributed by atoms with E-state index in [2.05, 4.69) is 46.0 Å². The first kappa shape index (κ1) is 12.9. The maximum atomic E-state index is 4.12. The van der Waals surface area contributed by atoms with Crippen molar-refractivity contribution in [1.82, 2.24) is 10.2 Å². The van der Waals surface area contributed by atoms with Crippen LogP contribution in [0.15, 0.2) is 35.2 Å². The summed E-state index contributed by atoms with van der Waals surface area (Å²) in [6, 6.07) is 10.6. The van der Waals surface area contributed by atoms with Gasteiger partial charge in [0.1, 0.15) is 5.82 Å². The summed E-state index contributed by atoms with van der Waals surface area (Å²) >= 11 is 1.75. The van der Waals surface area contributed by atoms with E-state index >= 15 is 0 Å². The van der Waals surface area contributed by atoms with Crippen LogP contribution in [0.4, 0.5) is 5.82 Å². The van der Waals surface area contributed by atoms with Crippen molar-refractivity contribution in [3.8, 4) is 0 Å². The summed E-state index contributed by atoms with van der Waals surface area (Å²) in [7, 11) is 0. The number of nitrogens with one attached hydrogen (secondary N) is 1. The molecule has 0 bridgehead atoms. The second kappa shape index (κ2) is 5.87. The minimum atomic E-state index is 0.770. The lowest BCUT2D eigenvalue weighted by atomic mass is 10.2. The Morgan fingerprint density at radius 2 is 1.83 bits per heavy atom. The van der Waals surface area contributed by atoms with E-state index in [1.54, 1.807) is 11.8 Å². The molecular weight excluding hydrogens is 242 g/mol. The molecule has 0 saturated carbocycles. The third-order valence-corrected chi connectivity index (χ3v) is 3.61. The largest absolute Gasteiger partial charge is 0.364 e. The minimum Gasteiger partial charge on any atom is -0.364 e. The number of hydrogen-bond acceptors (Lipinski definition) is 4.